The molecule has 0 aliphatic rings. The fraction of sp³-hybridized carbons (Fsp3) is 0.143. The number of hydrogen-bond donors (Lipinski definition) is 2. The summed E-state index contributed by atoms with van der Waals surface area (Å²) < 4.78 is 13.6. The lowest BCUT2D eigenvalue weighted by atomic mass is 10.1. The molecule has 2 rings (SSSR count). The van der Waals surface area contributed by atoms with Crippen LogP contribution in [0.4, 0.5) is 15.8 Å². The third kappa shape index (κ3) is 3.01. The minimum absolute atomic E-state index is 0.353. The molecule has 0 amide bonds. The lowest BCUT2D eigenvalue weighted by Crippen LogP contribution is -2.03. The second-order valence-corrected chi connectivity index (χ2v) is 5.05. The molecule has 2 aromatic carbocycles. The molecule has 0 saturated heterocycles. The zero-order chi connectivity index (χ0) is 13.1. The molecule has 2 aromatic rings. The smallest absolute Gasteiger partial charge is 0.139 e. The average molecular weight is 309 g/mol. The van der Waals surface area contributed by atoms with Crippen molar-refractivity contribution in [2.24, 2.45) is 0 Å². The number of nitrogens with one attached hydrogen (secondary N) is 1. The standard InChI is InChI=1S/C14H14BrFN2/c1-9-2-4-10(5-3-9)8-18-14-6-11(15)12(16)7-13(14)17/h2-7,18H,8,17H2,1H3. The Kier molecular flexibility index (Phi) is 3.87. The molecule has 3 N–H and O–H groups in total. The minimum atomic E-state index is -0.353. The van der Waals surface area contributed by atoms with E-state index in [1.165, 1.54) is 11.6 Å². The summed E-state index contributed by atoms with van der Waals surface area (Å²) in [6.07, 6.45) is 0. The fourth-order valence-corrected chi connectivity index (χ4v) is 1.96. The van der Waals surface area contributed by atoms with Crippen molar-refractivity contribution in [1.82, 2.24) is 0 Å². The van der Waals surface area contributed by atoms with Crippen molar-refractivity contribution in [3.05, 3.63) is 57.8 Å². The normalized spacial score (nSPS) is 10.4. The zero-order valence-electron chi connectivity index (χ0n) is 10.0. The molecular weight excluding hydrogens is 295 g/mol. The van der Waals surface area contributed by atoms with Crippen LogP contribution in [0.5, 0.6) is 0 Å². The van der Waals surface area contributed by atoms with E-state index in [9.17, 15) is 4.39 Å². The van der Waals surface area contributed by atoms with Crippen LogP contribution in [0.15, 0.2) is 40.9 Å². The minimum Gasteiger partial charge on any atom is -0.397 e. The summed E-state index contributed by atoms with van der Waals surface area (Å²) in [7, 11) is 0. The Balaban J connectivity index is 2.10. The van der Waals surface area contributed by atoms with Crippen molar-refractivity contribution in [3.63, 3.8) is 0 Å². The molecule has 0 aliphatic heterocycles. The number of benzene rings is 2. The van der Waals surface area contributed by atoms with Crippen molar-refractivity contribution in [2.75, 3.05) is 11.1 Å². The van der Waals surface area contributed by atoms with E-state index < -0.39 is 0 Å². The van der Waals surface area contributed by atoms with E-state index >= 15 is 0 Å². The fourth-order valence-electron chi connectivity index (χ4n) is 1.62. The van der Waals surface area contributed by atoms with Gasteiger partial charge in [0.05, 0.1) is 15.8 Å². The molecule has 0 heterocycles. The van der Waals surface area contributed by atoms with E-state index in [0.29, 0.717) is 16.7 Å². The summed E-state index contributed by atoms with van der Waals surface area (Å²) in [6, 6.07) is 11.2. The molecule has 0 atom stereocenters. The van der Waals surface area contributed by atoms with Crippen molar-refractivity contribution in [1.29, 1.82) is 0 Å². The Morgan fingerprint density at radius 2 is 1.89 bits per heavy atom. The molecule has 4 heteroatoms. The molecule has 94 valence electrons. The monoisotopic (exact) mass is 308 g/mol. The van der Waals surface area contributed by atoms with Gasteiger partial charge in [0.15, 0.2) is 0 Å². The Labute approximate surface area is 114 Å². The number of rotatable bonds is 3. The van der Waals surface area contributed by atoms with E-state index in [2.05, 4.69) is 45.5 Å². The number of hydrogen-bond acceptors (Lipinski definition) is 2. The summed E-state index contributed by atoms with van der Waals surface area (Å²) in [5.41, 5.74) is 9.26. The Hall–Kier alpha value is -1.55. The van der Waals surface area contributed by atoms with Crippen molar-refractivity contribution in [3.8, 4) is 0 Å². The molecule has 0 bridgehead atoms. The zero-order valence-corrected chi connectivity index (χ0v) is 11.6. The first-order valence-corrected chi connectivity index (χ1v) is 6.39. The van der Waals surface area contributed by atoms with Crippen LogP contribution in [-0.2, 0) is 6.54 Å². The highest BCUT2D eigenvalue weighted by atomic mass is 79.9. The van der Waals surface area contributed by atoms with Crippen LogP contribution in [0, 0.1) is 12.7 Å². The van der Waals surface area contributed by atoms with Crippen LogP contribution in [0.1, 0.15) is 11.1 Å². The van der Waals surface area contributed by atoms with Crippen molar-refractivity contribution < 1.29 is 4.39 Å². The highest BCUT2D eigenvalue weighted by Gasteiger charge is 2.05. The summed E-state index contributed by atoms with van der Waals surface area (Å²) in [5, 5.41) is 3.20. The largest absolute Gasteiger partial charge is 0.397 e. The predicted molar refractivity (Wildman–Crippen MR) is 77.0 cm³/mol. The lowest BCUT2D eigenvalue weighted by Gasteiger charge is -2.10. The van der Waals surface area contributed by atoms with Gasteiger partial charge in [-0.05, 0) is 34.5 Å². The number of nitrogens with two attached hydrogens (primary N) is 1. The first kappa shape index (κ1) is 12.9. The van der Waals surface area contributed by atoms with Gasteiger partial charge in [0.25, 0.3) is 0 Å². The highest BCUT2D eigenvalue weighted by Crippen LogP contribution is 2.26. The molecule has 2 nitrogen and oxygen atoms in total. The predicted octanol–water partition coefficient (Wildman–Crippen LogP) is 4.09. The summed E-state index contributed by atoms with van der Waals surface area (Å²) >= 11 is 3.15. The summed E-state index contributed by atoms with van der Waals surface area (Å²) in [5.74, 6) is -0.353. The topological polar surface area (TPSA) is 38.0 Å². The quantitative estimate of drug-likeness (QED) is 0.838. The lowest BCUT2D eigenvalue weighted by molar-refractivity contribution is 0.622. The third-order valence-electron chi connectivity index (χ3n) is 2.70. The molecule has 0 fully saturated rings. The Bertz CT molecular complexity index is 552. The second-order valence-electron chi connectivity index (χ2n) is 4.19. The molecule has 18 heavy (non-hydrogen) atoms. The number of anilines is 2. The molecule has 0 unspecified atom stereocenters. The molecule has 0 aliphatic carbocycles. The maximum Gasteiger partial charge on any atom is 0.139 e. The van der Waals surface area contributed by atoms with Crippen molar-refractivity contribution in [2.45, 2.75) is 13.5 Å². The highest BCUT2D eigenvalue weighted by molar-refractivity contribution is 9.10. The first-order valence-electron chi connectivity index (χ1n) is 5.60. The molecule has 0 radical (unpaired) electrons. The molecule has 0 saturated carbocycles. The molecule has 0 spiro atoms. The van der Waals surface area contributed by atoms with E-state index in [-0.39, 0.29) is 5.82 Å². The van der Waals surface area contributed by atoms with Gasteiger partial charge in [-0.3, -0.25) is 0 Å². The van der Waals surface area contributed by atoms with E-state index in [4.69, 9.17) is 5.73 Å². The van der Waals surface area contributed by atoms with Gasteiger partial charge < -0.3 is 11.1 Å². The van der Waals surface area contributed by atoms with Gasteiger partial charge in [-0.15, -0.1) is 0 Å². The first-order chi connectivity index (χ1) is 8.56. The number of halogens is 2. The number of nitrogen functional groups attached to an aromatic ring is 1. The van der Waals surface area contributed by atoms with Gasteiger partial charge >= 0.3 is 0 Å². The third-order valence-corrected chi connectivity index (χ3v) is 3.30. The van der Waals surface area contributed by atoms with Crippen LogP contribution in [-0.4, -0.2) is 0 Å². The van der Waals surface area contributed by atoms with Gasteiger partial charge in [-0.1, -0.05) is 29.8 Å². The van der Waals surface area contributed by atoms with Crippen LogP contribution in [0.2, 0.25) is 0 Å². The maximum atomic E-state index is 13.2. The molecular formula is C14H14BrFN2. The molecule has 0 aromatic heterocycles. The average Bonchev–Trinajstić information content (AvgIpc) is 2.34. The maximum absolute atomic E-state index is 13.2. The van der Waals surface area contributed by atoms with E-state index in [0.717, 1.165) is 11.3 Å². The van der Waals surface area contributed by atoms with Gasteiger partial charge in [-0.25, -0.2) is 4.39 Å². The van der Waals surface area contributed by atoms with Crippen LogP contribution < -0.4 is 11.1 Å². The van der Waals surface area contributed by atoms with Crippen LogP contribution >= 0.6 is 15.9 Å². The van der Waals surface area contributed by atoms with Gasteiger partial charge in [0.1, 0.15) is 5.82 Å². The summed E-state index contributed by atoms with van der Waals surface area (Å²) in [4.78, 5) is 0. The van der Waals surface area contributed by atoms with Crippen LogP contribution in [0.3, 0.4) is 0 Å². The van der Waals surface area contributed by atoms with Gasteiger partial charge in [0, 0.05) is 12.6 Å². The van der Waals surface area contributed by atoms with E-state index in [1.54, 1.807) is 6.07 Å². The van der Waals surface area contributed by atoms with Gasteiger partial charge in [-0.2, -0.15) is 0 Å². The second kappa shape index (κ2) is 5.40. The van der Waals surface area contributed by atoms with E-state index in [1.807, 2.05) is 6.92 Å². The Morgan fingerprint density at radius 1 is 1.22 bits per heavy atom. The SMILES string of the molecule is Cc1ccc(CNc2cc(Br)c(F)cc2N)cc1. The van der Waals surface area contributed by atoms with Crippen molar-refractivity contribution >= 4 is 27.3 Å². The summed E-state index contributed by atoms with van der Waals surface area (Å²) in [6.45, 7) is 2.70. The van der Waals surface area contributed by atoms with Crippen LogP contribution in [0.25, 0.3) is 0 Å². The Morgan fingerprint density at radius 3 is 2.56 bits per heavy atom. The van der Waals surface area contributed by atoms with Gasteiger partial charge in [0.2, 0.25) is 0 Å². The number of aryl methyl sites for hydroxylation is 1.